The number of aliphatic hydroxyl groups excluding tert-OH is 1. The third-order valence-electron chi connectivity index (χ3n) is 2.41. The van der Waals surface area contributed by atoms with Crippen LogP contribution in [0.1, 0.15) is 30.0 Å². The molecule has 0 aliphatic heterocycles. The van der Waals surface area contributed by atoms with Crippen LogP contribution in [0.4, 0.5) is 0 Å². The van der Waals surface area contributed by atoms with Crippen LogP contribution in [0.15, 0.2) is 29.0 Å². The lowest BCUT2D eigenvalue weighted by Gasteiger charge is -2.06. The summed E-state index contributed by atoms with van der Waals surface area (Å²) in [4.78, 5) is 0. The normalized spacial score (nSPS) is 13.0. The fourth-order valence-electron chi connectivity index (χ4n) is 1.62. The number of aromatic nitrogens is 2. The van der Waals surface area contributed by atoms with E-state index >= 15 is 0 Å². The molecular weight excluding hydrogens is 192 g/mol. The van der Waals surface area contributed by atoms with Crippen LogP contribution in [0.3, 0.4) is 0 Å². The van der Waals surface area contributed by atoms with Crippen LogP contribution < -0.4 is 0 Å². The largest absolute Gasteiger partial charge is 0.469 e. The topological polar surface area (TPSA) is 51.2 Å². The van der Waals surface area contributed by atoms with Gasteiger partial charge in [0.2, 0.25) is 0 Å². The molecule has 0 aliphatic rings. The van der Waals surface area contributed by atoms with Gasteiger partial charge < -0.3 is 9.52 Å². The number of hydrogen-bond donors (Lipinski definition) is 1. The van der Waals surface area contributed by atoms with Crippen molar-refractivity contribution in [2.75, 3.05) is 0 Å². The predicted molar refractivity (Wildman–Crippen MR) is 55.4 cm³/mol. The smallest absolute Gasteiger partial charge is 0.126 e. The molecule has 2 aromatic heterocycles. The van der Waals surface area contributed by atoms with Crippen molar-refractivity contribution >= 4 is 0 Å². The number of furan rings is 1. The van der Waals surface area contributed by atoms with Crippen LogP contribution >= 0.6 is 0 Å². The first-order chi connectivity index (χ1) is 7.22. The molecule has 0 saturated heterocycles. The van der Waals surface area contributed by atoms with Crippen LogP contribution in [0.25, 0.3) is 0 Å². The zero-order valence-electron chi connectivity index (χ0n) is 8.84. The van der Waals surface area contributed by atoms with E-state index in [1.54, 1.807) is 23.1 Å². The van der Waals surface area contributed by atoms with Crippen LogP contribution in [0.5, 0.6) is 0 Å². The molecule has 1 atom stereocenters. The molecule has 0 aliphatic carbocycles. The first-order valence-electron chi connectivity index (χ1n) is 4.96. The molecule has 1 unspecified atom stereocenters. The highest BCUT2D eigenvalue weighted by atomic mass is 16.3. The van der Waals surface area contributed by atoms with Gasteiger partial charge in [-0.3, -0.25) is 4.68 Å². The Morgan fingerprint density at radius 1 is 1.53 bits per heavy atom. The molecule has 2 rings (SSSR count). The van der Waals surface area contributed by atoms with Crippen LogP contribution in [-0.4, -0.2) is 14.9 Å². The van der Waals surface area contributed by atoms with E-state index in [2.05, 4.69) is 5.10 Å². The number of aryl methyl sites for hydroxylation is 2. The van der Waals surface area contributed by atoms with Gasteiger partial charge in [0.1, 0.15) is 11.9 Å². The van der Waals surface area contributed by atoms with Gasteiger partial charge >= 0.3 is 0 Å². The van der Waals surface area contributed by atoms with Crippen molar-refractivity contribution in [3.8, 4) is 0 Å². The van der Waals surface area contributed by atoms with Gasteiger partial charge in [-0.2, -0.15) is 5.10 Å². The summed E-state index contributed by atoms with van der Waals surface area (Å²) in [5.41, 5.74) is 1.45. The molecule has 2 heterocycles. The van der Waals surface area contributed by atoms with Gasteiger partial charge in [0.05, 0.1) is 12.0 Å². The highest BCUT2D eigenvalue weighted by molar-refractivity contribution is 5.26. The average Bonchev–Trinajstić information content (AvgIpc) is 2.84. The zero-order chi connectivity index (χ0) is 10.8. The molecule has 0 radical (unpaired) electrons. The average molecular weight is 206 g/mol. The number of hydrogen-bond acceptors (Lipinski definition) is 3. The monoisotopic (exact) mass is 206 g/mol. The second-order valence-corrected chi connectivity index (χ2v) is 3.47. The van der Waals surface area contributed by atoms with Gasteiger partial charge in [-0.05, 0) is 12.1 Å². The Kier molecular flexibility index (Phi) is 2.60. The maximum Gasteiger partial charge on any atom is 0.126 e. The molecule has 0 bridgehead atoms. The fourth-order valence-corrected chi connectivity index (χ4v) is 1.62. The minimum Gasteiger partial charge on any atom is -0.469 e. The highest BCUT2D eigenvalue weighted by Crippen LogP contribution is 2.24. The lowest BCUT2D eigenvalue weighted by molar-refractivity contribution is 0.211. The van der Waals surface area contributed by atoms with Crippen LogP contribution in [0.2, 0.25) is 0 Å². The maximum absolute atomic E-state index is 10.1. The van der Waals surface area contributed by atoms with Crippen molar-refractivity contribution in [1.29, 1.82) is 0 Å². The Hall–Kier alpha value is -1.55. The second kappa shape index (κ2) is 3.90. The molecule has 0 spiro atoms. The number of rotatable bonds is 3. The lowest BCUT2D eigenvalue weighted by atomic mass is 10.1. The summed E-state index contributed by atoms with van der Waals surface area (Å²) in [6.07, 6.45) is 3.48. The van der Waals surface area contributed by atoms with Crippen molar-refractivity contribution < 1.29 is 9.52 Å². The lowest BCUT2D eigenvalue weighted by Crippen LogP contribution is -2.02. The summed E-state index contributed by atoms with van der Waals surface area (Å²) < 4.78 is 6.94. The molecule has 15 heavy (non-hydrogen) atoms. The zero-order valence-corrected chi connectivity index (χ0v) is 8.84. The van der Waals surface area contributed by atoms with Crippen molar-refractivity contribution in [3.05, 3.63) is 41.6 Å². The predicted octanol–water partition coefficient (Wildman–Crippen LogP) is 1.66. The Morgan fingerprint density at radius 2 is 2.33 bits per heavy atom. The summed E-state index contributed by atoms with van der Waals surface area (Å²) in [6, 6.07) is 3.59. The van der Waals surface area contributed by atoms with Gasteiger partial charge in [-0.25, -0.2) is 0 Å². The summed E-state index contributed by atoms with van der Waals surface area (Å²) in [6.45, 7) is 1.99. The third-order valence-corrected chi connectivity index (χ3v) is 2.41. The van der Waals surface area contributed by atoms with Crippen LogP contribution in [-0.2, 0) is 13.5 Å². The van der Waals surface area contributed by atoms with E-state index in [4.69, 9.17) is 4.42 Å². The first-order valence-corrected chi connectivity index (χ1v) is 4.96. The molecule has 2 aromatic rings. The highest BCUT2D eigenvalue weighted by Gasteiger charge is 2.18. The molecule has 1 N–H and O–H groups in total. The first kappa shape index (κ1) is 9.98. The van der Waals surface area contributed by atoms with E-state index in [9.17, 15) is 5.11 Å². The van der Waals surface area contributed by atoms with Crippen molar-refractivity contribution in [1.82, 2.24) is 9.78 Å². The third kappa shape index (κ3) is 1.80. The fraction of sp³-hybridized carbons (Fsp3) is 0.364. The number of aliphatic hydroxyl groups is 1. The summed E-state index contributed by atoms with van der Waals surface area (Å²) in [5, 5.41) is 14.2. The van der Waals surface area contributed by atoms with Crippen LogP contribution in [0, 0.1) is 0 Å². The van der Waals surface area contributed by atoms with E-state index in [1.807, 2.05) is 20.2 Å². The number of nitrogens with zero attached hydrogens (tertiary/aromatic N) is 2. The quantitative estimate of drug-likeness (QED) is 0.830. The molecule has 4 heteroatoms. The van der Waals surface area contributed by atoms with E-state index in [1.165, 1.54) is 0 Å². The summed E-state index contributed by atoms with van der Waals surface area (Å²) >= 11 is 0. The van der Waals surface area contributed by atoms with Gasteiger partial charge in [-0.15, -0.1) is 0 Å². The standard InChI is InChI=1S/C11H14N2O2/c1-3-10-8(5-7-15-10)11(14)9-4-6-13(2)12-9/h4-7,11,14H,3H2,1-2H3. The molecule has 4 nitrogen and oxygen atoms in total. The second-order valence-electron chi connectivity index (χ2n) is 3.47. The minimum atomic E-state index is -0.695. The molecular formula is C11H14N2O2. The van der Waals surface area contributed by atoms with Crippen molar-refractivity contribution in [2.45, 2.75) is 19.4 Å². The Balaban J connectivity index is 2.31. The maximum atomic E-state index is 10.1. The van der Waals surface area contributed by atoms with Crippen molar-refractivity contribution in [3.63, 3.8) is 0 Å². The van der Waals surface area contributed by atoms with E-state index < -0.39 is 6.10 Å². The Morgan fingerprint density at radius 3 is 2.93 bits per heavy atom. The van der Waals surface area contributed by atoms with E-state index in [0.717, 1.165) is 17.7 Å². The summed E-state index contributed by atoms with van der Waals surface area (Å²) in [5.74, 6) is 0.813. The Labute approximate surface area is 88.1 Å². The van der Waals surface area contributed by atoms with Gasteiger partial charge in [0, 0.05) is 25.2 Å². The molecule has 0 saturated carbocycles. The van der Waals surface area contributed by atoms with E-state index in [0.29, 0.717) is 5.69 Å². The molecule has 0 fully saturated rings. The molecule has 80 valence electrons. The Bertz CT molecular complexity index is 445. The molecule has 0 amide bonds. The van der Waals surface area contributed by atoms with Gasteiger partial charge in [0.25, 0.3) is 0 Å². The molecule has 0 aromatic carbocycles. The van der Waals surface area contributed by atoms with E-state index in [-0.39, 0.29) is 0 Å². The summed E-state index contributed by atoms with van der Waals surface area (Å²) in [7, 11) is 1.83. The SMILES string of the molecule is CCc1occc1C(O)c1ccn(C)n1. The van der Waals surface area contributed by atoms with Gasteiger partial charge in [-0.1, -0.05) is 6.92 Å². The minimum absolute atomic E-state index is 0.647. The van der Waals surface area contributed by atoms with Crippen molar-refractivity contribution in [2.24, 2.45) is 7.05 Å². The van der Waals surface area contributed by atoms with Gasteiger partial charge in [0.15, 0.2) is 0 Å².